The molecular formula is C11H23NO. The molecule has 0 aromatic carbocycles. The molecule has 0 aliphatic carbocycles. The molecule has 0 spiro atoms. The lowest BCUT2D eigenvalue weighted by molar-refractivity contribution is -0.123. The second-order valence-corrected chi connectivity index (χ2v) is 4.27. The smallest absolute Gasteiger partial charge is 0.137 e. The number of Topliss-reactive ketones (excluding diaryl/α,β-unsaturated/α-hetero) is 1. The predicted molar refractivity (Wildman–Crippen MR) is 56.5 cm³/mol. The van der Waals surface area contributed by atoms with Crippen molar-refractivity contribution in [3.8, 4) is 0 Å². The SMILES string of the molecule is CCCC(C)C(=O)CC(N)C(C)C. The minimum Gasteiger partial charge on any atom is -0.327 e. The topological polar surface area (TPSA) is 43.1 Å². The van der Waals surface area contributed by atoms with E-state index in [0.717, 1.165) is 12.8 Å². The van der Waals surface area contributed by atoms with Gasteiger partial charge in [-0.25, -0.2) is 0 Å². The van der Waals surface area contributed by atoms with E-state index in [1.807, 2.05) is 6.92 Å². The molecule has 2 atom stereocenters. The molecule has 0 radical (unpaired) electrons. The van der Waals surface area contributed by atoms with Crippen molar-refractivity contribution < 1.29 is 4.79 Å². The van der Waals surface area contributed by atoms with Crippen LogP contribution in [0.2, 0.25) is 0 Å². The number of rotatable bonds is 6. The van der Waals surface area contributed by atoms with Crippen LogP contribution in [0.15, 0.2) is 0 Å². The molecule has 0 aromatic rings. The van der Waals surface area contributed by atoms with Crippen LogP contribution in [0, 0.1) is 11.8 Å². The van der Waals surface area contributed by atoms with Gasteiger partial charge in [0.1, 0.15) is 5.78 Å². The average Bonchev–Trinajstić information content (AvgIpc) is 2.04. The van der Waals surface area contributed by atoms with Gasteiger partial charge in [-0.1, -0.05) is 34.1 Å². The Morgan fingerprint density at radius 2 is 1.85 bits per heavy atom. The zero-order valence-electron chi connectivity index (χ0n) is 9.34. The summed E-state index contributed by atoms with van der Waals surface area (Å²) in [7, 11) is 0. The van der Waals surface area contributed by atoms with Gasteiger partial charge in [0.05, 0.1) is 0 Å². The molecule has 78 valence electrons. The fraction of sp³-hybridized carbons (Fsp3) is 0.909. The average molecular weight is 185 g/mol. The van der Waals surface area contributed by atoms with E-state index in [1.54, 1.807) is 0 Å². The van der Waals surface area contributed by atoms with Crippen molar-refractivity contribution >= 4 is 5.78 Å². The first-order valence-corrected chi connectivity index (χ1v) is 5.27. The van der Waals surface area contributed by atoms with E-state index in [2.05, 4.69) is 20.8 Å². The largest absolute Gasteiger partial charge is 0.327 e. The lowest BCUT2D eigenvalue weighted by Gasteiger charge is -2.17. The maximum atomic E-state index is 11.6. The van der Waals surface area contributed by atoms with E-state index in [9.17, 15) is 4.79 Å². The van der Waals surface area contributed by atoms with Crippen LogP contribution in [0.5, 0.6) is 0 Å². The van der Waals surface area contributed by atoms with Gasteiger partial charge >= 0.3 is 0 Å². The number of ketones is 1. The highest BCUT2D eigenvalue weighted by atomic mass is 16.1. The third-order valence-electron chi connectivity index (χ3n) is 2.56. The van der Waals surface area contributed by atoms with Gasteiger partial charge in [-0.2, -0.15) is 0 Å². The molecule has 0 bridgehead atoms. The van der Waals surface area contributed by atoms with Crippen LogP contribution in [-0.4, -0.2) is 11.8 Å². The van der Waals surface area contributed by atoms with Gasteiger partial charge < -0.3 is 5.73 Å². The molecule has 0 heterocycles. The minimum atomic E-state index is 0.0341. The zero-order valence-corrected chi connectivity index (χ0v) is 9.34. The van der Waals surface area contributed by atoms with E-state index in [1.165, 1.54) is 0 Å². The maximum Gasteiger partial charge on any atom is 0.137 e. The van der Waals surface area contributed by atoms with Crippen molar-refractivity contribution in [3.05, 3.63) is 0 Å². The maximum absolute atomic E-state index is 11.6. The van der Waals surface area contributed by atoms with E-state index >= 15 is 0 Å². The Hall–Kier alpha value is -0.370. The highest BCUT2D eigenvalue weighted by Crippen LogP contribution is 2.12. The van der Waals surface area contributed by atoms with Crippen LogP contribution < -0.4 is 5.73 Å². The summed E-state index contributed by atoms with van der Waals surface area (Å²) in [5.74, 6) is 0.913. The lowest BCUT2D eigenvalue weighted by atomic mass is 9.92. The number of carbonyl (C=O) groups excluding carboxylic acids is 1. The van der Waals surface area contributed by atoms with E-state index < -0.39 is 0 Å². The highest BCUT2D eigenvalue weighted by molar-refractivity contribution is 5.81. The van der Waals surface area contributed by atoms with E-state index in [0.29, 0.717) is 18.1 Å². The highest BCUT2D eigenvalue weighted by Gasteiger charge is 2.17. The molecule has 2 heteroatoms. The van der Waals surface area contributed by atoms with Crippen LogP contribution in [0.1, 0.15) is 47.0 Å². The van der Waals surface area contributed by atoms with Crippen molar-refractivity contribution in [2.45, 2.75) is 53.0 Å². The Morgan fingerprint density at radius 1 is 1.31 bits per heavy atom. The summed E-state index contributed by atoms with van der Waals surface area (Å²) in [5.41, 5.74) is 5.83. The summed E-state index contributed by atoms with van der Waals surface area (Å²) in [6.45, 7) is 8.22. The molecule has 13 heavy (non-hydrogen) atoms. The Balaban J connectivity index is 3.85. The molecule has 2 N–H and O–H groups in total. The van der Waals surface area contributed by atoms with E-state index in [-0.39, 0.29) is 12.0 Å². The Kier molecular flexibility index (Phi) is 5.97. The normalized spacial score (nSPS) is 15.8. The number of nitrogens with two attached hydrogens (primary N) is 1. The molecule has 0 fully saturated rings. The fourth-order valence-electron chi connectivity index (χ4n) is 1.26. The molecule has 0 rings (SSSR count). The Labute approximate surface area is 81.9 Å². The van der Waals surface area contributed by atoms with Crippen LogP contribution in [0.3, 0.4) is 0 Å². The van der Waals surface area contributed by atoms with Gasteiger partial charge in [-0.3, -0.25) is 4.79 Å². The summed E-state index contributed by atoms with van der Waals surface area (Å²) in [6.07, 6.45) is 2.60. The van der Waals surface area contributed by atoms with E-state index in [4.69, 9.17) is 5.73 Å². The standard InChI is InChI=1S/C11H23NO/c1-5-6-9(4)11(13)7-10(12)8(2)3/h8-10H,5-7,12H2,1-4H3. The minimum absolute atomic E-state index is 0.0341. The van der Waals surface area contributed by atoms with Gasteiger partial charge in [-0.05, 0) is 12.3 Å². The van der Waals surface area contributed by atoms with Crippen LogP contribution >= 0.6 is 0 Å². The summed E-state index contributed by atoms with van der Waals surface area (Å²) < 4.78 is 0. The zero-order chi connectivity index (χ0) is 10.4. The molecule has 2 unspecified atom stereocenters. The summed E-state index contributed by atoms with van der Waals surface area (Å²) in [4.78, 5) is 11.6. The molecule has 0 aliphatic heterocycles. The Bertz CT molecular complexity index is 154. The predicted octanol–water partition coefficient (Wildman–Crippen LogP) is 2.37. The van der Waals surface area contributed by atoms with Crippen LogP contribution in [-0.2, 0) is 4.79 Å². The first-order chi connectivity index (χ1) is 5.99. The fourth-order valence-corrected chi connectivity index (χ4v) is 1.26. The molecule has 0 amide bonds. The summed E-state index contributed by atoms with van der Waals surface area (Å²) in [6, 6.07) is 0.0341. The van der Waals surface area contributed by atoms with Crippen molar-refractivity contribution in [3.63, 3.8) is 0 Å². The second kappa shape index (κ2) is 6.14. The van der Waals surface area contributed by atoms with Gasteiger partial charge in [0.25, 0.3) is 0 Å². The van der Waals surface area contributed by atoms with Crippen LogP contribution in [0.4, 0.5) is 0 Å². The summed E-state index contributed by atoms with van der Waals surface area (Å²) in [5, 5.41) is 0. The van der Waals surface area contributed by atoms with Crippen molar-refractivity contribution in [2.24, 2.45) is 17.6 Å². The monoisotopic (exact) mass is 185 g/mol. The first kappa shape index (κ1) is 12.6. The molecule has 2 nitrogen and oxygen atoms in total. The molecule has 0 saturated heterocycles. The van der Waals surface area contributed by atoms with Gasteiger partial charge in [0.2, 0.25) is 0 Å². The number of carbonyl (C=O) groups is 1. The molecular weight excluding hydrogens is 162 g/mol. The van der Waals surface area contributed by atoms with Gasteiger partial charge in [0.15, 0.2) is 0 Å². The lowest BCUT2D eigenvalue weighted by Crippen LogP contribution is -2.31. The van der Waals surface area contributed by atoms with Crippen molar-refractivity contribution in [1.29, 1.82) is 0 Å². The van der Waals surface area contributed by atoms with Gasteiger partial charge in [0, 0.05) is 18.4 Å². The van der Waals surface area contributed by atoms with Crippen molar-refractivity contribution in [2.75, 3.05) is 0 Å². The summed E-state index contributed by atoms with van der Waals surface area (Å²) >= 11 is 0. The third kappa shape index (κ3) is 5.04. The third-order valence-corrected chi connectivity index (χ3v) is 2.56. The first-order valence-electron chi connectivity index (χ1n) is 5.27. The number of hydrogen-bond acceptors (Lipinski definition) is 2. The second-order valence-electron chi connectivity index (χ2n) is 4.27. The Morgan fingerprint density at radius 3 is 2.23 bits per heavy atom. The van der Waals surface area contributed by atoms with Crippen molar-refractivity contribution in [1.82, 2.24) is 0 Å². The molecule has 0 saturated carbocycles. The van der Waals surface area contributed by atoms with Crippen LogP contribution in [0.25, 0.3) is 0 Å². The quantitative estimate of drug-likeness (QED) is 0.690. The van der Waals surface area contributed by atoms with Gasteiger partial charge in [-0.15, -0.1) is 0 Å². The molecule has 0 aromatic heterocycles. The number of hydrogen-bond donors (Lipinski definition) is 1. The molecule has 0 aliphatic rings.